The smallest absolute Gasteiger partial charge is 0.251 e. The van der Waals surface area contributed by atoms with E-state index in [4.69, 9.17) is 0 Å². The zero-order chi connectivity index (χ0) is 17.4. The van der Waals surface area contributed by atoms with Crippen LogP contribution in [0, 0.1) is 17.8 Å². The second-order valence-electron chi connectivity index (χ2n) is 7.94. The Kier molecular flexibility index (Phi) is 4.69. The van der Waals surface area contributed by atoms with Gasteiger partial charge in [0, 0.05) is 42.9 Å². The summed E-state index contributed by atoms with van der Waals surface area (Å²) in [5.74, 6) is 1.31. The molecule has 0 spiro atoms. The number of anilines is 1. The highest BCUT2D eigenvalue weighted by molar-refractivity contribution is 5.94. The van der Waals surface area contributed by atoms with Crippen LogP contribution in [0.2, 0.25) is 0 Å². The van der Waals surface area contributed by atoms with Gasteiger partial charge in [0.1, 0.15) is 0 Å². The molecule has 4 unspecified atom stereocenters. The zero-order valence-corrected chi connectivity index (χ0v) is 14.6. The minimum atomic E-state index is -0.178. The number of nitrogens with one attached hydrogen (secondary N) is 1. The molecular weight excluding hydrogens is 316 g/mol. The summed E-state index contributed by atoms with van der Waals surface area (Å²) in [5.41, 5.74) is 1.79. The minimum absolute atomic E-state index is 0.0309. The van der Waals surface area contributed by atoms with Gasteiger partial charge in [0.25, 0.3) is 5.91 Å². The molecule has 1 aliphatic heterocycles. The summed E-state index contributed by atoms with van der Waals surface area (Å²) in [7, 11) is 0. The molecule has 5 heteroatoms. The molecule has 0 aromatic heterocycles. The molecule has 136 valence electrons. The van der Waals surface area contributed by atoms with Gasteiger partial charge < -0.3 is 20.4 Å². The Morgan fingerprint density at radius 2 is 1.76 bits per heavy atom. The quantitative estimate of drug-likeness (QED) is 0.779. The lowest BCUT2D eigenvalue weighted by Crippen LogP contribution is -2.45. The van der Waals surface area contributed by atoms with Crippen LogP contribution in [0.4, 0.5) is 5.69 Å². The van der Waals surface area contributed by atoms with Crippen molar-refractivity contribution in [2.75, 3.05) is 24.6 Å². The van der Waals surface area contributed by atoms with Crippen molar-refractivity contribution in [3.8, 4) is 0 Å². The molecule has 3 aliphatic rings. The topological polar surface area (TPSA) is 72.8 Å². The molecule has 3 N–H and O–H groups in total. The van der Waals surface area contributed by atoms with Gasteiger partial charge in [-0.05, 0) is 68.2 Å². The predicted molar refractivity (Wildman–Crippen MR) is 96.6 cm³/mol. The summed E-state index contributed by atoms with van der Waals surface area (Å²) in [5, 5.41) is 22.5. The number of hydrogen-bond acceptors (Lipinski definition) is 4. The lowest BCUT2D eigenvalue weighted by atomic mass is 9.85. The lowest BCUT2D eigenvalue weighted by molar-refractivity contribution is 0.0861. The van der Waals surface area contributed by atoms with Crippen LogP contribution in [-0.2, 0) is 0 Å². The van der Waals surface area contributed by atoms with E-state index < -0.39 is 0 Å². The highest BCUT2D eigenvalue weighted by Crippen LogP contribution is 2.48. The molecule has 4 atom stereocenters. The zero-order valence-electron chi connectivity index (χ0n) is 14.6. The van der Waals surface area contributed by atoms with Crippen LogP contribution in [0.25, 0.3) is 0 Å². The third kappa shape index (κ3) is 3.27. The van der Waals surface area contributed by atoms with Gasteiger partial charge >= 0.3 is 0 Å². The fraction of sp³-hybridized carbons (Fsp3) is 0.650. The molecule has 2 aliphatic carbocycles. The van der Waals surface area contributed by atoms with Crippen molar-refractivity contribution in [3.63, 3.8) is 0 Å². The molecule has 1 aromatic carbocycles. The van der Waals surface area contributed by atoms with E-state index in [1.54, 1.807) is 0 Å². The third-order valence-electron chi connectivity index (χ3n) is 6.56. The first-order chi connectivity index (χ1) is 12.2. The van der Waals surface area contributed by atoms with Gasteiger partial charge in [-0.3, -0.25) is 4.79 Å². The average molecular weight is 344 g/mol. The van der Waals surface area contributed by atoms with E-state index >= 15 is 0 Å². The molecule has 1 aromatic rings. The number of carbonyl (C=O) groups is 1. The average Bonchev–Trinajstić information content (AvgIpc) is 3.24. The maximum absolute atomic E-state index is 12.6. The summed E-state index contributed by atoms with van der Waals surface area (Å²) >= 11 is 0. The van der Waals surface area contributed by atoms with Gasteiger partial charge in [-0.15, -0.1) is 0 Å². The molecule has 1 heterocycles. The Bertz CT molecular complexity index is 610. The maximum Gasteiger partial charge on any atom is 0.251 e. The number of rotatable bonds is 4. The van der Waals surface area contributed by atoms with Gasteiger partial charge in [0.2, 0.25) is 0 Å². The first-order valence-corrected chi connectivity index (χ1v) is 9.60. The number of amides is 1. The van der Waals surface area contributed by atoms with Crippen LogP contribution in [0.1, 0.15) is 42.5 Å². The van der Waals surface area contributed by atoms with E-state index in [1.807, 2.05) is 24.3 Å². The minimum Gasteiger partial charge on any atom is -0.396 e. The van der Waals surface area contributed by atoms with Crippen LogP contribution in [0.5, 0.6) is 0 Å². The SMILES string of the molecule is O=C(NC1C2CCC(C2)C1CO)c1ccc(N2CCC(O)CC2)cc1. The number of hydrogen-bond donors (Lipinski definition) is 3. The first kappa shape index (κ1) is 16.9. The molecule has 5 nitrogen and oxygen atoms in total. The van der Waals surface area contributed by atoms with E-state index in [1.165, 1.54) is 12.8 Å². The van der Waals surface area contributed by atoms with Crippen LogP contribution in [0.3, 0.4) is 0 Å². The number of aliphatic hydroxyl groups excluding tert-OH is 2. The Morgan fingerprint density at radius 3 is 2.44 bits per heavy atom. The van der Waals surface area contributed by atoms with Crippen molar-refractivity contribution < 1.29 is 15.0 Å². The van der Waals surface area contributed by atoms with Gasteiger partial charge in [0.15, 0.2) is 0 Å². The lowest BCUT2D eigenvalue weighted by Gasteiger charge is -2.32. The molecular formula is C20H28N2O3. The summed E-state index contributed by atoms with van der Waals surface area (Å²) in [6, 6.07) is 7.89. The van der Waals surface area contributed by atoms with Crippen LogP contribution >= 0.6 is 0 Å². The molecule has 3 fully saturated rings. The Morgan fingerprint density at radius 1 is 1.08 bits per heavy atom. The molecule has 1 amide bonds. The summed E-state index contributed by atoms with van der Waals surface area (Å²) in [6.45, 7) is 1.89. The molecule has 2 bridgehead atoms. The highest BCUT2D eigenvalue weighted by atomic mass is 16.3. The largest absolute Gasteiger partial charge is 0.396 e. The molecule has 1 saturated heterocycles. The van der Waals surface area contributed by atoms with E-state index in [9.17, 15) is 15.0 Å². The van der Waals surface area contributed by atoms with Crippen LogP contribution in [-0.4, -0.2) is 48.0 Å². The van der Waals surface area contributed by atoms with Crippen molar-refractivity contribution in [3.05, 3.63) is 29.8 Å². The van der Waals surface area contributed by atoms with E-state index in [-0.39, 0.29) is 30.6 Å². The molecule has 0 radical (unpaired) electrons. The summed E-state index contributed by atoms with van der Waals surface area (Å²) < 4.78 is 0. The van der Waals surface area contributed by atoms with Crippen LogP contribution < -0.4 is 10.2 Å². The molecule has 4 rings (SSSR count). The van der Waals surface area contributed by atoms with Gasteiger partial charge in [-0.2, -0.15) is 0 Å². The second kappa shape index (κ2) is 6.96. The number of nitrogens with zero attached hydrogens (tertiary/aromatic N) is 1. The van der Waals surface area contributed by atoms with Crippen molar-refractivity contribution >= 4 is 11.6 Å². The number of aliphatic hydroxyl groups is 2. The van der Waals surface area contributed by atoms with Crippen molar-refractivity contribution in [1.82, 2.24) is 5.32 Å². The van der Waals surface area contributed by atoms with Gasteiger partial charge in [0.05, 0.1) is 6.10 Å². The van der Waals surface area contributed by atoms with Crippen LogP contribution in [0.15, 0.2) is 24.3 Å². The van der Waals surface area contributed by atoms with Crippen molar-refractivity contribution in [2.45, 2.75) is 44.2 Å². The number of carbonyl (C=O) groups excluding carboxylic acids is 1. The Labute approximate surface area is 149 Å². The van der Waals surface area contributed by atoms with Crippen molar-refractivity contribution in [1.29, 1.82) is 0 Å². The monoisotopic (exact) mass is 344 g/mol. The van der Waals surface area contributed by atoms with Gasteiger partial charge in [-0.1, -0.05) is 0 Å². The van der Waals surface area contributed by atoms with E-state index in [2.05, 4.69) is 10.2 Å². The molecule has 25 heavy (non-hydrogen) atoms. The Balaban J connectivity index is 1.39. The summed E-state index contributed by atoms with van der Waals surface area (Å²) in [4.78, 5) is 14.9. The summed E-state index contributed by atoms with van der Waals surface area (Å²) in [6.07, 6.45) is 4.94. The fourth-order valence-electron chi connectivity index (χ4n) is 5.08. The number of benzene rings is 1. The van der Waals surface area contributed by atoms with Gasteiger partial charge in [-0.25, -0.2) is 0 Å². The van der Waals surface area contributed by atoms with E-state index in [0.717, 1.165) is 38.0 Å². The normalized spacial score (nSPS) is 32.2. The third-order valence-corrected chi connectivity index (χ3v) is 6.56. The number of piperidine rings is 1. The second-order valence-corrected chi connectivity index (χ2v) is 7.94. The van der Waals surface area contributed by atoms with E-state index in [0.29, 0.717) is 17.4 Å². The first-order valence-electron chi connectivity index (χ1n) is 9.60. The predicted octanol–water partition coefficient (Wildman–Crippen LogP) is 1.78. The maximum atomic E-state index is 12.6. The highest BCUT2D eigenvalue weighted by Gasteiger charge is 2.47. The standard InChI is InChI=1S/C20H28N2O3/c23-12-18-14-1-2-15(11-14)19(18)21-20(25)13-3-5-16(6-4-13)22-9-7-17(24)8-10-22/h3-6,14-15,17-19,23-24H,1-2,7-12H2,(H,21,25). The fourth-order valence-corrected chi connectivity index (χ4v) is 5.08. The van der Waals surface area contributed by atoms with Crippen molar-refractivity contribution in [2.24, 2.45) is 17.8 Å². The molecule has 2 saturated carbocycles. The number of fused-ring (bicyclic) bond motifs is 2. The Hall–Kier alpha value is -1.59.